The number of carbonyl (C=O) groups is 1. The molecule has 2 nitrogen and oxygen atoms in total. The molecule has 0 bridgehead atoms. The fraction of sp³-hybridized carbons (Fsp3) is 0.917. The van der Waals surface area contributed by atoms with E-state index >= 15 is 0 Å². The Morgan fingerprint density at radius 1 is 1.50 bits per heavy atom. The van der Waals surface area contributed by atoms with Gasteiger partial charge in [0.15, 0.2) is 0 Å². The molecule has 0 aromatic carbocycles. The molecule has 2 heteroatoms. The Hall–Kier alpha value is -0.530. The third-order valence-electron chi connectivity index (χ3n) is 3.50. The van der Waals surface area contributed by atoms with Gasteiger partial charge in [0.2, 0.25) is 0 Å². The Labute approximate surface area is 86.0 Å². The monoisotopic (exact) mass is 196 g/mol. The SMILES string of the molecule is CC(C)(C)OC(=O)CC12CCCC1C2. The summed E-state index contributed by atoms with van der Waals surface area (Å²) in [7, 11) is 0. The van der Waals surface area contributed by atoms with Crippen LogP contribution in [0.5, 0.6) is 0 Å². The summed E-state index contributed by atoms with van der Waals surface area (Å²) in [6, 6.07) is 0. The van der Waals surface area contributed by atoms with Crippen LogP contribution < -0.4 is 0 Å². The second-order valence-corrected chi connectivity index (χ2v) is 5.92. The molecule has 2 aliphatic rings. The molecule has 2 saturated carbocycles. The van der Waals surface area contributed by atoms with E-state index in [0.717, 1.165) is 5.92 Å². The first-order chi connectivity index (χ1) is 6.41. The Morgan fingerprint density at radius 3 is 2.64 bits per heavy atom. The van der Waals surface area contributed by atoms with Crippen LogP contribution in [0.4, 0.5) is 0 Å². The lowest BCUT2D eigenvalue weighted by atomic mass is 9.99. The zero-order chi connectivity index (χ0) is 10.4. The Balaban J connectivity index is 1.84. The van der Waals surface area contributed by atoms with Gasteiger partial charge >= 0.3 is 5.97 Å². The molecule has 2 rings (SSSR count). The van der Waals surface area contributed by atoms with Gasteiger partial charge in [-0.05, 0) is 51.4 Å². The third kappa shape index (κ3) is 1.94. The maximum Gasteiger partial charge on any atom is 0.306 e. The number of hydrogen-bond donors (Lipinski definition) is 0. The quantitative estimate of drug-likeness (QED) is 0.635. The highest BCUT2D eigenvalue weighted by molar-refractivity contribution is 5.71. The summed E-state index contributed by atoms with van der Waals surface area (Å²) in [5.41, 5.74) is 0.0546. The van der Waals surface area contributed by atoms with E-state index in [0.29, 0.717) is 11.8 Å². The van der Waals surface area contributed by atoms with E-state index in [1.807, 2.05) is 20.8 Å². The Bertz CT molecular complexity index is 252. The van der Waals surface area contributed by atoms with Gasteiger partial charge in [-0.2, -0.15) is 0 Å². The molecule has 0 aliphatic heterocycles. The van der Waals surface area contributed by atoms with Crippen LogP contribution in [-0.4, -0.2) is 11.6 Å². The molecule has 2 atom stereocenters. The molecule has 2 unspecified atom stereocenters. The Morgan fingerprint density at radius 2 is 2.21 bits per heavy atom. The van der Waals surface area contributed by atoms with Crippen LogP contribution in [0.15, 0.2) is 0 Å². The van der Waals surface area contributed by atoms with E-state index in [1.165, 1.54) is 25.7 Å². The predicted octanol–water partition coefficient (Wildman–Crippen LogP) is 2.91. The molecule has 0 radical (unpaired) electrons. The van der Waals surface area contributed by atoms with Crippen molar-refractivity contribution in [2.24, 2.45) is 11.3 Å². The van der Waals surface area contributed by atoms with E-state index in [1.54, 1.807) is 0 Å². The summed E-state index contributed by atoms with van der Waals surface area (Å²) >= 11 is 0. The molecular formula is C12H20O2. The van der Waals surface area contributed by atoms with Crippen molar-refractivity contribution in [2.45, 2.75) is 58.5 Å². The van der Waals surface area contributed by atoms with Crippen molar-refractivity contribution >= 4 is 5.97 Å². The minimum atomic E-state index is -0.323. The normalized spacial score (nSPS) is 35.2. The maximum absolute atomic E-state index is 11.6. The zero-order valence-corrected chi connectivity index (χ0v) is 9.43. The predicted molar refractivity (Wildman–Crippen MR) is 54.9 cm³/mol. The first-order valence-electron chi connectivity index (χ1n) is 5.63. The third-order valence-corrected chi connectivity index (χ3v) is 3.50. The maximum atomic E-state index is 11.6. The van der Waals surface area contributed by atoms with Gasteiger partial charge in [0.1, 0.15) is 5.60 Å². The summed E-state index contributed by atoms with van der Waals surface area (Å²) in [5, 5.41) is 0. The molecule has 2 fully saturated rings. The molecule has 0 aromatic rings. The van der Waals surface area contributed by atoms with Crippen molar-refractivity contribution in [2.75, 3.05) is 0 Å². The molecule has 0 amide bonds. The van der Waals surface area contributed by atoms with Gasteiger partial charge in [-0.1, -0.05) is 6.42 Å². The second-order valence-electron chi connectivity index (χ2n) is 5.92. The standard InChI is InChI=1S/C12H20O2/c1-11(2,3)14-10(13)8-12-6-4-5-9(12)7-12/h9H,4-8H2,1-3H3. The lowest BCUT2D eigenvalue weighted by molar-refractivity contribution is -0.156. The summed E-state index contributed by atoms with van der Waals surface area (Å²) in [6.07, 6.45) is 5.83. The summed E-state index contributed by atoms with van der Waals surface area (Å²) in [4.78, 5) is 11.6. The van der Waals surface area contributed by atoms with Crippen molar-refractivity contribution in [3.05, 3.63) is 0 Å². The lowest BCUT2D eigenvalue weighted by Gasteiger charge is -2.21. The van der Waals surface area contributed by atoms with E-state index in [4.69, 9.17) is 4.74 Å². The molecule has 0 aromatic heterocycles. The topological polar surface area (TPSA) is 26.3 Å². The number of hydrogen-bond acceptors (Lipinski definition) is 2. The number of esters is 1. The van der Waals surface area contributed by atoms with Crippen LogP contribution in [0.1, 0.15) is 52.9 Å². The van der Waals surface area contributed by atoms with Gasteiger partial charge in [-0.25, -0.2) is 0 Å². The molecule has 0 N–H and O–H groups in total. The minimum Gasteiger partial charge on any atom is -0.460 e. The van der Waals surface area contributed by atoms with Crippen LogP contribution in [0.25, 0.3) is 0 Å². The van der Waals surface area contributed by atoms with Gasteiger partial charge in [0.05, 0.1) is 6.42 Å². The summed E-state index contributed by atoms with van der Waals surface area (Å²) in [5.74, 6) is 0.844. The molecule has 0 heterocycles. The van der Waals surface area contributed by atoms with Crippen molar-refractivity contribution in [1.29, 1.82) is 0 Å². The molecule has 14 heavy (non-hydrogen) atoms. The highest BCUT2D eigenvalue weighted by Gasteiger charge is 2.57. The van der Waals surface area contributed by atoms with Crippen molar-refractivity contribution in [3.8, 4) is 0 Å². The molecule has 2 aliphatic carbocycles. The first kappa shape index (κ1) is 10.0. The van der Waals surface area contributed by atoms with Gasteiger partial charge in [-0.15, -0.1) is 0 Å². The molecule has 0 saturated heterocycles. The second kappa shape index (κ2) is 2.98. The minimum absolute atomic E-state index is 0.00176. The summed E-state index contributed by atoms with van der Waals surface area (Å²) < 4.78 is 5.35. The van der Waals surface area contributed by atoms with Gasteiger partial charge in [0, 0.05) is 0 Å². The van der Waals surface area contributed by atoms with Crippen molar-refractivity contribution < 1.29 is 9.53 Å². The van der Waals surface area contributed by atoms with E-state index in [2.05, 4.69) is 0 Å². The van der Waals surface area contributed by atoms with Crippen LogP contribution in [-0.2, 0) is 9.53 Å². The average Bonchev–Trinajstić information content (AvgIpc) is 2.48. The van der Waals surface area contributed by atoms with Crippen LogP contribution in [0.3, 0.4) is 0 Å². The first-order valence-corrected chi connectivity index (χ1v) is 5.63. The average molecular weight is 196 g/mol. The molecular weight excluding hydrogens is 176 g/mol. The van der Waals surface area contributed by atoms with Gasteiger partial charge in [0.25, 0.3) is 0 Å². The van der Waals surface area contributed by atoms with Crippen LogP contribution >= 0.6 is 0 Å². The zero-order valence-electron chi connectivity index (χ0n) is 9.43. The van der Waals surface area contributed by atoms with Crippen molar-refractivity contribution in [1.82, 2.24) is 0 Å². The number of rotatable bonds is 2. The fourth-order valence-electron chi connectivity index (χ4n) is 2.82. The van der Waals surface area contributed by atoms with E-state index in [9.17, 15) is 4.79 Å². The molecule has 80 valence electrons. The smallest absolute Gasteiger partial charge is 0.306 e. The van der Waals surface area contributed by atoms with Gasteiger partial charge in [-0.3, -0.25) is 4.79 Å². The fourth-order valence-corrected chi connectivity index (χ4v) is 2.82. The van der Waals surface area contributed by atoms with Crippen LogP contribution in [0, 0.1) is 11.3 Å². The van der Waals surface area contributed by atoms with Gasteiger partial charge < -0.3 is 4.74 Å². The number of ether oxygens (including phenoxy) is 1. The largest absolute Gasteiger partial charge is 0.460 e. The Kier molecular flexibility index (Phi) is 2.13. The number of carbonyl (C=O) groups excluding carboxylic acids is 1. The highest BCUT2D eigenvalue weighted by Crippen LogP contribution is 2.65. The lowest BCUT2D eigenvalue weighted by Crippen LogP contribution is -2.25. The van der Waals surface area contributed by atoms with E-state index in [-0.39, 0.29) is 11.6 Å². The van der Waals surface area contributed by atoms with E-state index < -0.39 is 0 Å². The number of fused-ring (bicyclic) bond motifs is 1. The van der Waals surface area contributed by atoms with Crippen LogP contribution in [0.2, 0.25) is 0 Å². The van der Waals surface area contributed by atoms with Crippen molar-refractivity contribution in [3.63, 3.8) is 0 Å². The summed E-state index contributed by atoms with van der Waals surface area (Å²) in [6.45, 7) is 5.80. The molecule has 0 spiro atoms. The highest BCUT2D eigenvalue weighted by atomic mass is 16.6.